The second-order valence-electron chi connectivity index (χ2n) is 9.43. The molecule has 0 radical (unpaired) electrons. The topological polar surface area (TPSA) is 99.8 Å². The molecule has 0 saturated carbocycles. The van der Waals surface area contributed by atoms with Gasteiger partial charge in [-0.15, -0.1) is 11.3 Å². The van der Waals surface area contributed by atoms with E-state index < -0.39 is 12.4 Å². The molecule has 0 aliphatic carbocycles. The van der Waals surface area contributed by atoms with E-state index in [1.165, 1.54) is 11.3 Å². The number of fused-ring (bicyclic) bond motifs is 1. The molecule has 3 aromatic heterocycles. The number of morpholine rings is 1. The highest BCUT2D eigenvalue weighted by Gasteiger charge is 2.25. The summed E-state index contributed by atoms with van der Waals surface area (Å²) < 4.78 is 25.9. The molecule has 2 saturated heterocycles. The first-order valence-corrected chi connectivity index (χ1v) is 13.4. The van der Waals surface area contributed by atoms with E-state index in [4.69, 9.17) is 14.1 Å². The molecule has 0 spiro atoms. The molecule has 2 aliphatic heterocycles. The maximum absolute atomic E-state index is 14.4. The minimum Gasteiger partial charge on any atom is -0.423 e. The van der Waals surface area contributed by atoms with Gasteiger partial charge in [-0.25, -0.2) is 9.37 Å². The van der Waals surface area contributed by atoms with Gasteiger partial charge in [-0.3, -0.25) is 4.98 Å². The summed E-state index contributed by atoms with van der Waals surface area (Å²) in [6, 6.07) is 8.17. The first-order chi connectivity index (χ1) is 18.0. The van der Waals surface area contributed by atoms with Crippen LogP contribution >= 0.6 is 11.3 Å². The largest absolute Gasteiger partial charge is 0.423 e. The van der Waals surface area contributed by atoms with Crippen LogP contribution in [0.5, 0.6) is 0 Å². The molecular formula is C26H29FN6O3S. The van der Waals surface area contributed by atoms with Gasteiger partial charge in [0, 0.05) is 55.1 Å². The maximum atomic E-state index is 14.4. The first-order valence-electron chi connectivity index (χ1n) is 12.5. The number of aliphatic hydroxyl groups is 1. The van der Waals surface area contributed by atoms with Gasteiger partial charge in [0.15, 0.2) is 11.8 Å². The number of hydrogen-bond acceptors (Lipinski definition) is 10. The number of nitrogens with zero attached hydrogens (tertiary/aromatic N) is 5. The van der Waals surface area contributed by atoms with Gasteiger partial charge in [0.05, 0.1) is 24.6 Å². The van der Waals surface area contributed by atoms with Crippen LogP contribution in [0.3, 0.4) is 0 Å². The Bertz CT molecular complexity index is 1390. The molecule has 37 heavy (non-hydrogen) atoms. The van der Waals surface area contributed by atoms with Crippen molar-refractivity contribution in [3.05, 3.63) is 47.2 Å². The minimum absolute atomic E-state index is 0.298. The molecule has 2 atom stereocenters. The number of aliphatic hydroxyl groups excluding tert-OH is 1. The second-order valence-corrected chi connectivity index (χ2v) is 10.3. The summed E-state index contributed by atoms with van der Waals surface area (Å²) in [6.07, 6.45) is 1.12. The minimum atomic E-state index is -1.06. The van der Waals surface area contributed by atoms with Crippen molar-refractivity contribution in [2.24, 2.45) is 0 Å². The molecule has 2 N–H and O–H groups in total. The van der Waals surface area contributed by atoms with Gasteiger partial charge in [0.25, 0.3) is 6.01 Å². The normalized spacial score (nSPS) is 19.4. The molecular weight excluding hydrogens is 495 g/mol. The summed E-state index contributed by atoms with van der Waals surface area (Å²) >= 11 is 1.46. The van der Waals surface area contributed by atoms with Gasteiger partial charge in [0.2, 0.25) is 0 Å². The quantitative estimate of drug-likeness (QED) is 0.352. The van der Waals surface area contributed by atoms with E-state index in [2.05, 4.69) is 20.2 Å². The summed E-state index contributed by atoms with van der Waals surface area (Å²) in [7, 11) is 0. The number of pyridine rings is 1. The van der Waals surface area contributed by atoms with Crippen LogP contribution in [0.4, 0.5) is 21.8 Å². The Labute approximate surface area is 217 Å². The molecule has 194 valence electrons. The predicted molar refractivity (Wildman–Crippen MR) is 142 cm³/mol. The van der Waals surface area contributed by atoms with Gasteiger partial charge in [0.1, 0.15) is 22.4 Å². The van der Waals surface area contributed by atoms with E-state index in [1.54, 1.807) is 6.20 Å². The van der Waals surface area contributed by atoms with E-state index in [0.29, 0.717) is 67.8 Å². The molecule has 0 amide bonds. The molecule has 11 heteroatoms. The van der Waals surface area contributed by atoms with E-state index in [0.717, 1.165) is 34.9 Å². The highest BCUT2D eigenvalue weighted by atomic mass is 32.1. The molecule has 2 aliphatic rings. The predicted octanol–water partition coefficient (Wildman–Crippen LogP) is 4.53. The lowest BCUT2D eigenvalue weighted by molar-refractivity contribution is 0.120. The Morgan fingerprint density at radius 2 is 2.03 bits per heavy atom. The van der Waals surface area contributed by atoms with Crippen molar-refractivity contribution in [3.8, 4) is 10.6 Å². The van der Waals surface area contributed by atoms with Crippen LogP contribution in [0.15, 0.2) is 40.3 Å². The third kappa shape index (κ3) is 5.11. The summed E-state index contributed by atoms with van der Waals surface area (Å²) in [5, 5.41) is 16.9. The summed E-state index contributed by atoms with van der Waals surface area (Å²) in [5.74, 6) is 0. The van der Waals surface area contributed by atoms with Crippen molar-refractivity contribution >= 4 is 39.8 Å². The fraction of sp³-hybridized carbons (Fsp3) is 0.423. The van der Waals surface area contributed by atoms with E-state index >= 15 is 0 Å². The van der Waals surface area contributed by atoms with Crippen LogP contribution in [0, 0.1) is 6.92 Å². The van der Waals surface area contributed by atoms with Crippen molar-refractivity contribution in [2.75, 3.05) is 54.5 Å². The van der Waals surface area contributed by atoms with Crippen molar-refractivity contribution in [1.29, 1.82) is 0 Å². The lowest BCUT2D eigenvalue weighted by atomic mass is 10.1. The molecule has 2 unspecified atom stereocenters. The van der Waals surface area contributed by atoms with Crippen molar-refractivity contribution in [3.63, 3.8) is 0 Å². The molecule has 1 aromatic carbocycles. The number of alkyl halides is 1. The fourth-order valence-corrected chi connectivity index (χ4v) is 5.64. The number of aromatic nitrogens is 3. The Kier molecular flexibility index (Phi) is 6.66. The van der Waals surface area contributed by atoms with Gasteiger partial charge in [-0.1, -0.05) is 0 Å². The number of rotatable bonds is 6. The SMILES string of the molecule is Cc1cc(-c2nc(C(O)Nc3cc4oc(N5CCOCC5)nc4cc3N3CCCC(F)C3)cs2)ccn1. The zero-order chi connectivity index (χ0) is 25.4. The fourth-order valence-electron chi connectivity index (χ4n) is 4.81. The Morgan fingerprint density at radius 1 is 1.16 bits per heavy atom. The molecule has 4 aromatic rings. The Hall–Kier alpha value is -3.28. The number of aryl methyl sites for hydroxylation is 1. The number of benzene rings is 1. The summed E-state index contributed by atoms with van der Waals surface area (Å²) in [5.41, 5.74) is 5.10. The number of thiazole rings is 1. The van der Waals surface area contributed by atoms with Crippen LogP contribution in [-0.4, -0.2) is 65.6 Å². The van der Waals surface area contributed by atoms with Crippen LogP contribution in [0.25, 0.3) is 21.7 Å². The lowest BCUT2D eigenvalue weighted by Crippen LogP contribution is -2.36. The molecule has 0 bridgehead atoms. The van der Waals surface area contributed by atoms with Crippen LogP contribution in [-0.2, 0) is 4.74 Å². The van der Waals surface area contributed by atoms with Crippen molar-refractivity contribution < 1.29 is 18.7 Å². The number of hydrogen-bond donors (Lipinski definition) is 2. The van der Waals surface area contributed by atoms with Gasteiger partial charge >= 0.3 is 0 Å². The van der Waals surface area contributed by atoms with Crippen LogP contribution in [0.1, 0.15) is 30.5 Å². The lowest BCUT2D eigenvalue weighted by Gasteiger charge is -2.32. The highest BCUT2D eigenvalue weighted by Crippen LogP contribution is 2.37. The van der Waals surface area contributed by atoms with E-state index in [-0.39, 0.29) is 0 Å². The number of oxazole rings is 1. The van der Waals surface area contributed by atoms with Gasteiger partial charge in [-0.05, 0) is 38.0 Å². The molecule has 6 rings (SSSR count). The Morgan fingerprint density at radius 3 is 2.84 bits per heavy atom. The molecule has 2 fully saturated rings. The van der Waals surface area contributed by atoms with Crippen LogP contribution < -0.4 is 15.1 Å². The highest BCUT2D eigenvalue weighted by molar-refractivity contribution is 7.13. The number of ether oxygens (including phenoxy) is 1. The maximum Gasteiger partial charge on any atom is 0.298 e. The van der Waals surface area contributed by atoms with Crippen LogP contribution in [0.2, 0.25) is 0 Å². The average Bonchev–Trinajstić information content (AvgIpc) is 3.56. The molecule has 9 nitrogen and oxygen atoms in total. The number of halogens is 1. The second kappa shape index (κ2) is 10.2. The number of nitrogens with one attached hydrogen (secondary N) is 1. The number of anilines is 3. The van der Waals surface area contributed by atoms with Crippen molar-refractivity contribution in [1.82, 2.24) is 15.0 Å². The van der Waals surface area contributed by atoms with E-state index in [9.17, 15) is 9.50 Å². The Balaban J connectivity index is 1.32. The number of piperidine rings is 1. The zero-order valence-corrected chi connectivity index (χ0v) is 21.4. The third-order valence-corrected chi connectivity index (χ3v) is 7.63. The van der Waals surface area contributed by atoms with Gasteiger partial charge < -0.3 is 29.4 Å². The summed E-state index contributed by atoms with van der Waals surface area (Å²) in [4.78, 5) is 17.7. The summed E-state index contributed by atoms with van der Waals surface area (Å²) in [6.45, 7) is 5.64. The van der Waals surface area contributed by atoms with Gasteiger partial charge in [-0.2, -0.15) is 4.98 Å². The molecule has 5 heterocycles. The van der Waals surface area contributed by atoms with E-state index in [1.807, 2.05) is 41.5 Å². The first kappa shape index (κ1) is 24.1. The third-order valence-electron chi connectivity index (χ3n) is 6.72. The average molecular weight is 525 g/mol. The smallest absolute Gasteiger partial charge is 0.298 e. The standard InChI is InChI=1S/C26H29FN6O3S/c1-16-11-17(4-5-28-16)25-30-21(15-37-25)24(34)29-19-13-23-20(12-22(19)33-6-2-3-18(27)14-33)31-26(36-23)32-7-9-35-10-8-32/h4-5,11-13,15,18,24,29,34H,2-3,6-10,14H2,1H3. The zero-order valence-electron chi connectivity index (χ0n) is 20.6. The monoisotopic (exact) mass is 524 g/mol. The van der Waals surface area contributed by atoms with Crippen molar-refractivity contribution in [2.45, 2.75) is 32.2 Å².